The van der Waals surface area contributed by atoms with Crippen LogP contribution in [0.25, 0.3) is 11.0 Å². The number of fused-ring (bicyclic) bond motifs is 1. The first kappa shape index (κ1) is 22.7. The zero-order valence-corrected chi connectivity index (χ0v) is 17.8. The summed E-state index contributed by atoms with van der Waals surface area (Å²) in [4.78, 5) is 31.5. The molecule has 1 aromatic carbocycles. The van der Waals surface area contributed by atoms with Gasteiger partial charge in [-0.1, -0.05) is 17.3 Å². The SMILES string of the molecule is Cn1ncc2c(NC(=O)c3ccc([N+](=O)[O-])s3)nc(C#Cc3ccc(OC(F)(F)F)cc3)nc21. The summed E-state index contributed by atoms with van der Waals surface area (Å²) in [7, 11) is 1.63. The van der Waals surface area contributed by atoms with Crippen molar-refractivity contribution in [2.75, 3.05) is 5.32 Å². The molecule has 0 spiro atoms. The van der Waals surface area contributed by atoms with Crippen LogP contribution >= 0.6 is 11.3 Å². The predicted octanol–water partition coefficient (Wildman–Crippen LogP) is 3.88. The van der Waals surface area contributed by atoms with Crippen molar-refractivity contribution in [1.29, 1.82) is 0 Å². The van der Waals surface area contributed by atoms with Gasteiger partial charge in [-0.25, -0.2) is 9.97 Å². The molecule has 172 valence electrons. The van der Waals surface area contributed by atoms with Crippen LogP contribution in [-0.2, 0) is 7.05 Å². The normalized spacial score (nSPS) is 11.1. The van der Waals surface area contributed by atoms with Crippen LogP contribution in [0.1, 0.15) is 21.1 Å². The molecule has 3 aromatic heterocycles. The molecule has 0 atom stereocenters. The number of carbonyl (C=O) groups is 1. The first-order valence-corrected chi connectivity index (χ1v) is 10.0. The number of aryl methyl sites for hydroxylation is 1. The van der Waals surface area contributed by atoms with Crippen molar-refractivity contribution < 1.29 is 27.6 Å². The first-order chi connectivity index (χ1) is 16.1. The maximum atomic E-state index is 12.6. The second-order valence-electron chi connectivity index (χ2n) is 6.57. The number of carbonyl (C=O) groups excluding carboxylic acids is 1. The fourth-order valence-electron chi connectivity index (χ4n) is 2.76. The highest BCUT2D eigenvalue weighted by atomic mass is 32.1. The lowest BCUT2D eigenvalue weighted by Gasteiger charge is -2.08. The number of thiophene rings is 1. The van der Waals surface area contributed by atoms with Crippen molar-refractivity contribution >= 4 is 39.1 Å². The fourth-order valence-corrected chi connectivity index (χ4v) is 3.47. The van der Waals surface area contributed by atoms with Gasteiger partial charge in [0.25, 0.3) is 5.91 Å². The maximum Gasteiger partial charge on any atom is 0.573 e. The average Bonchev–Trinajstić information content (AvgIpc) is 3.40. The molecule has 0 aliphatic rings. The number of nitrogens with zero attached hydrogens (tertiary/aromatic N) is 5. The highest BCUT2D eigenvalue weighted by Gasteiger charge is 2.30. The predicted molar refractivity (Wildman–Crippen MR) is 114 cm³/mol. The van der Waals surface area contributed by atoms with Gasteiger partial charge in [-0.15, -0.1) is 13.2 Å². The molecule has 0 bridgehead atoms. The molecular formula is C20H11F3N6O4S. The van der Waals surface area contributed by atoms with Crippen LogP contribution in [-0.4, -0.2) is 36.9 Å². The number of amides is 1. The van der Waals surface area contributed by atoms with Gasteiger partial charge >= 0.3 is 11.4 Å². The number of anilines is 1. The summed E-state index contributed by atoms with van der Waals surface area (Å²) in [5, 5.41) is 17.8. The second kappa shape index (κ2) is 8.79. The molecule has 0 unspecified atom stereocenters. The Balaban J connectivity index is 1.62. The van der Waals surface area contributed by atoms with Gasteiger partial charge in [0.1, 0.15) is 11.6 Å². The van der Waals surface area contributed by atoms with Gasteiger partial charge in [0.15, 0.2) is 5.65 Å². The van der Waals surface area contributed by atoms with Crippen LogP contribution in [0.15, 0.2) is 42.6 Å². The van der Waals surface area contributed by atoms with E-state index in [4.69, 9.17) is 0 Å². The molecule has 1 amide bonds. The van der Waals surface area contributed by atoms with Crippen LogP contribution in [0.4, 0.5) is 24.0 Å². The van der Waals surface area contributed by atoms with Gasteiger partial charge in [-0.2, -0.15) is 5.10 Å². The molecule has 0 aliphatic carbocycles. The summed E-state index contributed by atoms with van der Waals surface area (Å²) in [6.07, 6.45) is -3.35. The summed E-state index contributed by atoms with van der Waals surface area (Å²) in [5.41, 5.74) is 0.736. The minimum Gasteiger partial charge on any atom is -0.406 e. The minimum atomic E-state index is -4.80. The summed E-state index contributed by atoms with van der Waals surface area (Å²) in [6, 6.07) is 7.46. The number of aromatic nitrogens is 4. The molecule has 0 fully saturated rings. The molecule has 1 N–H and O–H groups in total. The van der Waals surface area contributed by atoms with E-state index in [1.807, 2.05) is 0 Å². The Bertz CT molecular complexity index is 1470. The van der Waals surface area contributed by atoms with E-state index in [1.54, 1.807) is 7.05 Å². The topological polar surface area (TPSA) is 125 Å². The zero-order valence-electron chi connectivity index (χ0n) is 17.0. The Morgan fingerprint density at radius 3 is 2.56 bits per heavy atom. The maximum absolute atomic E-state index is 12.6. The fraction of sp³-hybridized carbons (Fsp3) is 0.100. The molecule has 4 rings (SSSR count). The van der Waals surface area contributed by atoms with Gasteiger partial charge in [0.05, 0.1) is 21.4 Å². The van der Waals surface area contributed by atoms with Crippen LogP contribution in [0, 0.1) is 22.0 Å². The molecule has 0 saturated carbocycles. The minimum absolute atomic E-state index is 0.0131. The van der Waals surface area contributed by atoms with Crippen molar-refractivity contribution in [2.24, 2.45) is 7.05 Å². The number of ether oxygens (including phenoxy) is 1. The van der Waals surface area contributed by atoms with E-state index >= 15 is 0 Å². The van der Waals surface area contributed by atoms with Gasteiger partial charge < -0.3 is 10.1 Å². The number of nitro groups is 1. The standard InChI is InChI=1S/C20H11F3N6O4S/c1-28-18-13(10-24-28)17(27-19(30)14-7-9-16(34-14)29(31)32)25-15(26-18)8-4-11-2-5-12(6-3-11)33-20(21,22)23/h2-3,5-7,9-10H,1H3,(H,25,26,27,30). The van der Waals surface area contributed by atoms with Gasteiger partial charge in [-0.3, -0.25) is 19.6 Å². The second-order valence-corrected chi connectivity index (χ2v) is 7.63. The zero-order chi connectivity index (χ0) is 24.5. The van der Waals surface area contributed by atoms with Crippen LogP contribution < -0.4 is 10.1 Å². The number of halogens is 3. The first-order valence-electron chi connectivity index (χ1n) is 9.22. The molecule has 14 heteroatoms. The number of rotatable bonds is 4. The van der Waals surface area contributed by atoms with E-state index in [0.717, 1.165) is 12.1 Å². The van der Waals surface area contributed by atoms with Crippen molar-refractivity contribution in [3.8, 4) is 17.6 Å². The molecule has 0 saturated heterocycles. The van der Waals surface area contributed by atoms with E-state index in [9.17, 15) is 28.1 Å². The van der Waals surface area contributed by atoms with E-state index in [0.29, 0.717) is 27.9 Å². The Labute approximate surface area is 192 Å². The number of alkyl halides is 3. The number of hydrogen-bond acceptors (Lipinski definition) is 8. The third-order valence-corrected chi connectivity index (χ3v) is 5.26. The Morgan fingerprint density at radius 2 is 1.91 bits per heavy atom. The Morgan fingerprint density at radius 1 is 1.18 bits per heavy atom. The van der Waals surface area contributed by atoms with E-state index in [2.05, 4.69) is 37.0 Å². The monoisotopic (exact) mass is 488 g/mol. The largest absolute Gasteiger partial charge is 0.573 e. The molecule has 0 radical (unpaired) electrons. The third-order valence-electron chi connectivity index (χ3n) is 4.23. The van der Waals surface area contributed by atoms with Crippen molar-refractivity contribution in [1.82, 2.24) is 19.7 Å². The summed E-state index contributed by atoms with van der Waals surface area (Å²) >= 11 is 0.711. The highest BCUT2D eigenvalue weighted by molar-refractivity contribution is 7.17. The van der Waals surface area contributed by atoms with Crippen LogP contribution in [0.5, 0.6) is 5.75 Å². The Kier molecular flexibility index (Phi) is 5.86. The lowest BCUT2D eigenvalue weighted by molar-refractivity contribution is -0.380. The summed E-state index contributed by atoms with van der Waals surface area (Å²) < 4.78 is 42.1. The van der Waals surface area contributed by atoms with E-state index < -0.39 is 17.2 Å². The summed E-state index contributed by atoms with van der Waals surface area (Å²) in [6.45, 7) is 0. The smallest absolute Gasteiger partial charge is 0.406 e. The quantitative estimate of drug-likeness (QED) is 0.263. The molecule has 34 heavy (non-hydrogen) atoms. The van der Waals surface area contributed by atoms with Crippen molar-refractivity contribution in [3.63, 3.8) is 0 Å². The molecule has 3 heterocycles. The lowest BCUT2D eigenvalue weighted by atomic mass is 10.2. The van der Waals surface area contributed by atoms with Crippen molar-refractivity contribution in [3.05, 3.63) is 69.0 Å². The average molecular weight is 488 g/mol. The van der Waals surface area contributed by atoms with E-state index in [1.165, 1.54) is 35.1 Å². The highest BCUT2D eigenvalue weighted by Crippen LogP contribution is 2.26. The van der Waals surface area contributed by atoms with Crippen LogP contribution in [0.2, 0.25) is 0 Å². The molecular weight excluding hydrogens is 477 g/mol. The van der Waals surface area contributed by atoms with Gasteiger partial charge in [0, 0.05) is 18.7 Å². The number of nitrogens with one attached hydrogen (secondary N) is 1. The number of benzene rings is 1. The lowest BCUT2D eigenvalue weighted by Crippen LogP contribution is -2.16. The number of hydrogen-bond donors (Lipinski definition) is 1. The molecule has 4 aromatic rings. The molecule has 10 nitrogen and oxygen atoms in total. The van der Waals surface area contributed by atoms with Gasteiger partial charge in [-0.05, 0) is 36.3 Å². The summed E-state index contributed by atoms with van der Waals surface area (Å²) in [5.74, 6) is 4.54. The van der Waals surface area contributed by atoms with Crippen molar-refractivity contribution in [2.45, 2.75) is 6.36 Å². The third kappa shape index (κ3) is 5.10. The van der Waals surface area contributed by atoms with E-state index in [-0.39, 0.29) is 27.3 Å². The Hall–Kier alpha value is -4.51. The van der Waals surface area contributed by atoms with Crippen LogP contribution in [0.3, 0.4) is 0 Å². The molecule has 0 aliphatic heterocycles. The van der Waals surface area contributed by atoms with Gasteiger partial charge in [0.2, 0.25) is 5.82 Å².